The molecule has 1 spiro atoms. The van der Waals surface area contributed by atoms with Gasteiger partial charge >= 0.3 is 0 Å². The van der Waals surface area contributed by atoms with Crippen LogP contribution in [0.2, 0.25) is 5.02 Å². The molecule has 4 aliphatic rings. The van der Waals surface area contributed by atoms with Crippen molar-refractivity contribution in [1.82, 2.24) is 14.5 Å². The third-order valence-electron chi connectivity index (χ3n) is 11.4. The molecule has 3 aromatic rings. The van der Waals surface area contributed by atoms with Crippen molar-refractivity contribution in [3.8, 4) is 11.6 Å². The van der Waals surface area contributed by atoms with E-state index >= 15 is 0 Å². The Morgan fingerprint density at radius 3 is 2.75 bits per heavy atom. The summed E-state index contributed by atoms with van der Waals surface area (Å²) in [6.45, 7) is 3.51. The number of amides is 2. The summed E-state index contributed by atoms with van der Waals surface area (Å²) in [7, 11) is 0.899. The number of halogens is 1. The van der Waals surface area contributed by atoms with Gasteiger partial charge in [-0.25, -0.2) is 4.21 Å². The Kier molecular flexibility index (Phi) is 10.2. The molecule has 53 heavy (non-hydrogen) atoms. The van der Waals surface area contributed by atoms with Crippen molar-refractivity contribution in [2.24, 2.45) is 29.2 Å². The van der Waals surface area contributed by atoms with Crippen molar-refractivity contribution in [2.75, 3.05) is 44.6 Å². The minimum atomic E-state index is -3.68. The van der Waals surface area contributed by atoms with Gasteiger partial charge in [-0.3, -0.25) is 23.8 Å². The lowest BCUT2D eigenvalue weighted by molar-refractivity contribution is -0.135. The number of anilines is 1. The van der Waals surface area contributed by atoms with Gasteiger partial charge < -0.3 is 19.1 Å². The molecule has 282 valence electrons. The number of fused-ring (bicyclic) bond motifs is 4. The first-order chi connectivity index (χ1) is 25.4. The van der Waals surface area contributed by atoms with Gasteiger partial charge in [0.1, 0.15) is 26.8 Å². The summed E-state index contributed by atoms with van der Waals surface area (Å²) in [6, 6.07) is 11.3. The maximum absolute atomic E-state index is 14.6. The van der Waals surface area contributed by atoms with E-state index in [1.165, 1.54) is 29.1 Å². The summed E-state index contributed by atoms with van der Waals surface area (Å²) in [5.74, 6) is -1.17. The number of hydrogen-bond acceptors (Lipinski definition) is 9. The van der Waals surface area contributed by atoms with E-state index in [1.54, 1.807) is 32.4 Å². The second kappa shape index (κ2) is 14.6. The SMILES string of the molecule is COc1nn(C)cc1C(=O)N[S@@]1(=O)=NC(=O)c2ccc3c(c2)N(C[C@@H]2CC[C@H]2[C@](C=O)(OC)/C=C/C[C@H](C)C1)C[C@@]1(CCCc2cc(Cl)ccc21)CO3. The van der Waals surface area contributed by atoms with Crippen LogP contribution in [0.15, 0.2) is 59.1 Å². The van der Waals surface area contributed by atoms with Crippen molar-refractivity contribution >= 4 is 45.3 Å². The highest BCUT2D eigenvalue weighted by Gasteiger charge is 2.49. The zero-order valence-corrected chi connectivity index (χ0v) is 32.1. The number of aromatic nitrogens is 2. The van der Waals surface area contributed by atoms with Crippen molar-refractivity contribution in [2.45, 2.75) is 56.5 Å². The summed E-state index contributed by atoms with van der Waals surface area (Å²) in [6.07, 6.45) is 11.0. The number of ether oxygens (including phenoxy) is 3. The number of aldehydes is 1. The van der Waals surface area contributed by atoms with Gasteiger partial charge in [-0.05, 0) is 97.9 Å². The van der Waals surface area contributed by atoms with E-state index in [-0.39, 0.29) is 45.9 Å². The fourth-order valence-electron chi connectivity index (χ4n) is 8.63. The molecule has 2 amide bonds. The number of benzene rings is 2. The molecular weight excluding hydrogens is 718 g/mol. The second-order valence-corrected chi connectivity index (χ2v) is 17.4. The molecule has 1 aromatic heterocycles. The lowest BCUT2D eigenvalue weighted by Gasteiger charge is -2.48. The monoisotopic (exact) mass is 763 g/mol. The Morgan fingerprint density at radius 1 is 1.19 bits per heavy atom. The van der Waals surface area contributed by atoms with E-state index in [4.69, 9.17) is 25.8 Å². The number of nitrogens with zero attached hydrogens (tertiary/aromatic N) is 4. The molecular formula is C39H46ClN5O7S. The second-order valence-electron chi connectivity index (χ2n) is 15.0. The van der Waals surface area contributed by atoms with Crippen LogP contribution in [0.1, 0.15) is 70.9 Å². The average Bonchev–Trinajstić information content (AvgIpc) is 3.44. The minimum Gasteiger partial charge on any atom is -0.490 e. The first-order valence-corrected chi connectivity index (χ1v) is 20.2. The van der Waals surface area contributed by atoms with E-state index in [1.807, 2.05) is 25.1 Å². The molecule has 0 saturated heterocycles. The largest absolute Gasteiger partial charge is 0.490 e. The van der Waals surface area contributed by atoms with Crippen LogP contribution in [0.3, 0.4) is 0 Å². The van der Waals surface area contributed by atoms with Gasteiger partial charge in [-0.1, -0.05) is 30.7 Å². The summed E-state index contributed by atoms with van der Waals surface area (Å²) in [5.41, 5.74) is 1.92. The summed E-state index contributed by atoms with van der Waals surface area (Å²) in [5, 5.41) is 4.84. The summed E-state index contributed by atoms with van der Waals surface area (Å²) < 4.78 is 40.7. The molecule has 1 N–H and O–H groups in total. The lowest BCUT2D eigenvalue weighted by Crippen LogP contribution is -2.53. The van der Waals surface area contributed by atoms with E-state index < -0.39 is 27.3 Å². The number of nitrogens with one attached hydrogen (secondary N) is 1. The molecule has 0 radical (unpaired) electrons. The quantitative estimate of drug-likeness (QED) is 0.255. The Labute approximate surface area is 315 Å². The Hall–Kier alpha value is -4.20. The van der Waals surface area contributed by atoms with E-state index in [2.05, 4.69) is 31.2 Å². The van der Waals surface area contributed by atoms with Crippen molar-refractivity contribution in [3.63, 3.8) is 0 Å². The number of allylic oxidation sites excluding steroid dienone is 1. The third-order valence-corrected chi connectivity index (χ3v) is 13.6. The van der Waals surface area contributed by atoms with Crippen LogP contribution in [0.25, 0.3) is 0 Å². The van der Waals surface area contributed by atoms with Gasteiger partial charge in [0.05, 0.1) is 25.2 Å². The highest BCUT2D eigenvalue weighted by Crippen LogP contribution is 2.48. The topological polar surface area (TPSA) is 141 Å². The van der Waals surface area contributed by atoms with Crippen molar-refractivity contribution < 1.29 is 32.8 Å². The molecule has 1 saturated carbocycles. The van der Waals surface area contributed by atoms with Gasteiger partial charge in [0.15, 0.2) is 6.29 Å². The maximum Gasteiger partial charge on any atom is 0.286 e. The Bertz CT molecular complexity index is 2090. The number of aryl methyl sites for hydroxylation is 2. The van der Waals surface area contributed by atoms with E-state index in [0.717, 1.165) is 44.1 Å². The van der Waals surface area contributed by atoms with E-state index in [9.17, 15) is 18.6 Å². The summed E-state index contributed by atoms with van der Waals surface area (Å²) in [4.78, 5) is 42.8. The van der Waals surface area contributed by atoms with Gasteiger partial charge in [-0.2, -0.15) is 0 Å². The zero-order chi connectivity index (χ0) is 37.5. The molecule has 6 atom stereocenters. The third kappa shape index (κ3) is 7.10. The van der Waals surface area contributed by atoms with Crippen LogP contribution in [0, 0.1) is 17.8 Å². The molecule has 2 bridgehead atoms. The molecule has 2 aliphatic carbocycles. The van der Waals surface area contributed by atoms with Gasteiger partial charge in [0.25, 0.3) is 11.8 Å². The van der Waals surface area contributed by atoms with Crippen LogP contribution < -0.4 is 19.1 Å². The predicted molar refractivity (Wildman–Crippen MR) is 202 cm³/mol. The van der Waals surface area contributed by atoms with E-state index in [0.29, 0.717) is 36.9 Å². The number of methoxy groups -OCH3 is 2. The van der Waals surface area contributed by atoms with Crippen LogP contribution in [0.5, 0.6) is 11.6 Å². The van der Waals surface area contributed by atoms with Crippen molar-refractivity contribution in [1.29, 1.82) is 0 Å². The molecule has 1 fully saturated rings. The number of hydrogen-bond donors (Lipinski definition) is 1. The van der Waals surface area contributed by atoms with Crippen LogP contribution in [-0.2, 0) is 38.3 Å². The molecule has 2 aromatic carbocycles. The molecule has 3 heterocycles. The van der Waals surface area contributed by atoms with Gasteiger partial charge in [-0.15, -0.1) is 9.46 Å². The maximum atomic E-state index is 14.6. The zero-order valence-electron chi connectivity index (χ0n) is 30.5. The smallest absolute Gasteiger partial charge is 0.286 e. The normalized spacial score (nSPS) is 30.4. The highest BCUT2D eigenvalue weighted by atomic mass is 35.5. The Morgan fingerprint density at radius 2 is 2.02 bits per heavy atom. The fourth-order valence-corrected chi connectivity index (χ4v) is 10.7. The van der Waals surface area contributed by atoms with Crippen LogP contribution in [-0.4, -0.2) is 77.4 Å². The number of rotatable bonds is 5. The van der Waals surface area contributed by atoms with Gasteiger partial charge in [0, 0.05) is 55.4 Å². The Balaban J connectivity index is 1.33. The molecule has 2 aliphatic heterocycles. The fraction of sp³-hybridized carbons (Fsp3) is 0.487. The molecule has 14 heteroatoms. The highest BCUT2D eigenvalue weighted by molar-refractivity contribution is 7.92. The molecule has 7 rings (SSSR count). The minimum absolute atomic E-state index is 0.0508. The number of carbonyl (C=O) groups is 3. The predicted octanol–water partition coefficient (Wildman–Crippen LogP) is 5.71. The first kappa shape index (κ1) is 37.1. The number of carbonyl (C=O) groups excluding carboxylic acids is 3. The van der Waals surface area contributed by atoms with Crippen LogP contribution in [0.4, 0.5) is 5.69 Å². The lowest BCUT2D eigenvalue weighted by atomic mass is 9.64. The van der Waals surface area contributed by atoms with Gasteiger partial charge in [0.2, 0.25) is 5.88 Å². The van der Waals surface area contributed by atoms with Crippen LogP contribution >= 0.6 is 11.6 Å². The van der Waals surface area contributed by atoms with Crippen molar-refractivity contribution in [3.05, 3.63) is 82.0 Å². The average molecular weight is 764 g/mol. The standard InChI is InChI=1S/C39H46ClN5O7S/c1-25-7-5-16-39(23-46,51-4)32-12-9-28(32)19-45-22-38(15-6-8-26-17-29(40)11-13-31(26)38)24-52-34-14-10-27(18-33(34)45)35(47)42-53(49,21-25)43-36(48)30-20-44(2)41-37(30)50-3/h5,10-11,13-14,16-18,20,23,25,28,32H,6-9,12,15,19,21-22,24H2,1-4H3,(H,42,43,47,48,49)/b16-5+/t25-,28-,32+,38-,39-,53-/m0/s1. The first-order valence-electron chi connectivity index (χ1n) is 18.1. The summed E-state index contributed by atoms with van der Waals surface area (Å²) >= 11 is 6.45. The molecule has 0 unspecified atom stereocenters. The molecule has 12 nitrogen and oxygen atoms in total.